The number of carbonyl (C=O) groups excluding carboxylic acids is 1. The van der Waals surface area contributed by atoms with Gasteiger partial charge in [-0.05, 0) is 50.3 Å². The van der Waals surface area contributed by atoms with E-state index in [1.54, 1.807) is 27.9 Å². The summed E-state index contributed by atoms with van der Waals surface area (Å²) in [6, 6.07) is 7.85. The lowest BCUT2D eigenvalue weighted by Gasteiger charge is -2.15. The summed E-state index contributed by atoms with van der Waals surface area (Å²) in [5.41, 5.74) is 2.02. The van der Waals surface area contributed by atoms with Crippen molar-refractivity contribution in [3.8, 4) is 11.8 Å². The van der Waals surface area contributed by atoms with Gasteiger partial charge in [-0.3, -0.25) is 0 Å². The van der Waals surface area contributed by atoms with Crippen LogP contribution in [0.4, 0.5) is 4.79 Å². The highest BCUT2D eigenvalue weighted by Gasteiger charge is 2.16. The zero-order valence-electron chi connectivity index (χ0n) is 17.6. The Balaban J connectivity index is 2.39. The van der Waals surface area contributed by atoms with Crippen molar-refractivity contribution in [2.45, 2.75) is 51.2 Å². The molecule has 1 atom stereocenters. The Morgan fingerprint density at radius 2 is 1.75 bits per heavy atom. The molecule has 0 aliphatic heterocycles. The van der Waals surface area contributed by atoms with E-state index in [2.05, 4.69) is 21.9 Å². The van der Waals surface area contributed by atoms with Crippen LogP contribution in [-0.2, 0) is 10.0 Å². The second-order valence-electron chi connectivity index (χ2n) is 7.35. The van der Waals surface area contributed by atoms with Gasteiger partial charge in [0, 0.05) is 39.2 Å². The van der Waals surface area contributed by atoms with Gasteiger partial charge in [-0.2, -0.15) is 0 Å². The Kier molecular flexibility index (Phi) is 10.0. The van der Waals surface area contributed by atoms with Gasteiger partial charge < -0.3 is 10.2 Å². The van der Waals surface area contributed by atoms with Crippen LogP contribution in [0, 0.1) is 11.8 Å². The Bertz CT molecular complexity index is 775. The molecule has 1 unspecified atom stereocenters. The van der Waals surface area contributed by atoms with Crippen molar-refractivity contribution >= 4 is 16.1 Å². The van der Waals surface area contributed by atoms with E-state index in [1.165, 1.54) is 4.90 Å². The molecule has 0 saturated carbocycles. The van der Waals surface area contributed by atoms with Crippen LogP contribution in [0.2, 0.25) is 0 Å². The number of rotatable bonds is 9. The van der Waals surface area contributed by atoms with E-state index >= 15 is 0 Å². The molecule has 1 aromatic carbocycles. The highest BCUT2D eigenvalue weighted by molar-refractivity contribution is 7.90. The smallest absolute Gasteiger partial charge is 0.316 e. The Hall–Kier alpha value is -2.04. The Morgan fingerprint density at radius 3 is 2.32 bits per heavy atom. The average Bonchev–Trinajstić information content (AvgIpc) is 2.65. The van der Waals surface area contributed by atoms with Gasteiger partial charge in [-0.1, -0.05) is 30.9 Å². The van der Waals surface area contributed by atoms with Gasteiger partial charge in [-0.15, -0.1) is 0 Å². The van der Waals surface area contributed by atoms with E-state index in [0.717, 1.165) is 30.4 Å². The highest BCUT2D eigenvalue weighted by atomic mass is 32.2. The molecule has 0 bridgehead atoms. The van der Waals surface area contributed by atoms with Gasteiger partial charge >= 0.3 is 6.03 Å². The molecule has 0 aliphatic carbocycles. The monoisotopic (exact) mass is 407 g/mol. The average molecular weight is 408 g/mol. The van der Waals surface area contributed by atoms with E-state index < -0.39 is 15.3 Å². The molecule has 0 heterocycles. The highest BCUT2D eigenvalue weighted by Crippen LogP contribution is 2.15. The fraction of sp³-hybridized carbons (Fsp3) is 0.571. The standard InChI is InChI=1S/C21H33N3O3S/c1-17(2)28(26,27)23-16-18(3)20-13-11-19(12-14-20)10-8-6-7-9-15-22-21(25)24(4)5/h11-14,17-18,23H,6-7,9,15-16H2,1-5H3,(H,22,25). The molecule has 28 heavy (non-hydrogen) atoms. The number of benzene rings is 1. The van der Waals surface area contributed by atoms with Crippen molar-refractivity contribution in [2.75, 3.05) is 27.2 Å². The van der Waals surface area contributed by atoms with E-state index in [4.69, 9.17) is 0 Å². The minimum atomic E-state index is -3.24. The van der Waals surface area contributed by atoms with Crippen molar-refractivity contribution < 1.29 is 13.2 Å². The number of nitrogens with one attached hydrogen (secondary N) is 2. The number of amides is 2. The Labute approximate surface area is 170 Å². The van der Waals surface area contributed by atoms with Crippen molar-refractivity contribution in [1.82, 2.24) is 14.9 Å². The summed E-state index contributed by atoms with van der Waals surface area (Å²) in [4.78, 5) is 12.9. The molecule has 1 aromatic rings. The van der Waals surface area contributed by atoms with Gasteiger partial charge in [0.25, 0.3) is 0 Å². The topological polar surface area (TPSA) is 78.5 Å². The van der Waals surface area contributed by atoms with Crippen molar-refractivity contribution in [1.29, 1.82) is 0 Å². The van der Waals surface area contributed by atoms with Gasteiger partial charge in [0.15, 0.2) is 0 Å². The molecule has 6 nitrogen and oxygen atoms in total. The number of carbonyl (C=O) groups is 1. The molecule has 156 valence electrons. The fourth-order valence-electron chi connectivity index (χ4n) is 2.28. The predicted octanol–water partition coefficient (Wildman–Crippen LogP) is 2.91. The second kappa shape index (κ2) is 11.7. The molecule has 0 aromatic heterocycles. The quantitative estimate of drug-likeness (QED) is 0.488. The van der Waals surface area contributed by atoms with Crippen LogP contribution in [0.25, 0.3) is 0 Å². The molecule has 0 fully saturated rings. The molecule has 2 N–H and O–H groups in total. The van der Waals surface area contributed by atoms with Crippen molar-refractivity contribution in [3.63, 3.8) is 0 Å². The van der Waals surface area contributed by atoms with Crippen LogP contribution in [0.15, 0.2) is 24.3 Å². The SMILES string of the molecule is CC(CNS(=O)(=O)C(C)C)c1ccc(C#CCCCCNC(=O)N(C)C)cc1. The van der Waals surface area contributed by atoms with Crippen LogP contribution in [0.5, 0.6) is 0 Å². The number of nitrogens with zero attached hydrogens (tertiary/aromatic N) is 1. The molecular weight excluding hydrogens is 374 g/mol. The molecule has 0 spiro atoms. The summed E-state index contributed by atoms with van der Waals surface area (Å²) in [6.45, 7) is 6.38. The van der Waals surface area contributed by atoms with E-state index in [9.17, 15) is 13.2 Å². The summed E-state index contributed by atoms with van der Waals surface area (Å²) in [5.74, 6) is 6.39. The maximum absolute atomic E-state index is 11.8. The fourth-order valence-corrected chi connectivity index (χ4v) is 3.09. The molecule has 2 amide bonds. The van der Waals surface area contributed by atoms with Crippen LogP contribution < -0.4 is 10.0 Å². The lowest BCUT2D eigenvalue weighted by atomic mass is 10.0. The van der Waals surface area contributed by atoms with E-state index in [0.29, 0.717) is 13.1 Å². The van der Waals surface area contributed by atoms with Gasteiger partial charge in [0.05, 0.1) is 5.25 Å². The molecular formula is C21H33N3O3S. The summed E-state index contributed by atoms with van der Waals surface area (Å²) < 4.78 is 26.3. The van der Waals surface area contributed by atoms with Crippen LogP contribution in [-0.4, -0.2) is 51.8 Å². The minimum absolute atomic E-state index is 0.0718. The van der Waals surface area contributed by atoms with Crippen LogP contribution >= 0.6 is 0 Å². The second-order valence-corrected chi connectivity index (χ2v) is 9.67. The number of hydrogen-bond acceptors (Lipinski definition) is 3. The molecule has 0 radical (unpaired) electrons. The summed E-state index contributed by atoms with van der Waals surface area (Å²) in [7, 11) is 0.200. The zero-order valence-corrected chi connectivity index (χ0v) is 18.4. The molecule has 7 heteroatoms. The number of hydrogen-bond donors (Lipinski definition) is 2. The van der Waals surface area contributed by atoms with Gasteiger partial charge in [0.2, 0.25) is 10.0 Å². The molecule has 0 saturated heterocycles. The van der Waals surface area contributed by atoms with E-state index in [-0.39, 0.29) is 11.9 Å². The third kappa shape index (κ3) is 8.77. The third-order valence-corrected chi connectivity index (χ3v) is 6.14. The van der Waals surface area contributed by atoms with Gasteiger partial charge in [-0.25, -0.2) is 17.9 Å². The van der Waals surface area contributed by atoms with Crippen LogP contribution in [0.1, 0.15) is 57.1 Å². The van der Waals surface area contributed by atoms with Crippen LogP contribution in [0.3, 0.4) is 0 Å². The first-order valence-corrected chi connectivity index (χ1v) is 11.2. The number of unbranched alkanes of at least 4 members (excludes halogenated alkanes) is 2. The van der Waals surface area contributed by atoms with Crippen molar-refractivity contribution in [3.05, 3.63) is 35.4 Å². The first-order valence-electron chi connectivity index (χ1n) is 9.66. The zero-order chi connectivity index (χ0) is 21.2. The molecule has 0 aliphatic rings. The number of urea groups is 1. The lowest BCUT2D eigenvalue weighted by Crippen LogP contribution is -2.34. The maximum atomic E-state index is 11.8. The minimum Gasteiger partial charge on any atom is -0.338 e. The normalized spacial score (nSPS) is 12.2. The molecule has 1 rings (SSSR count). The largest absolute Gasteiger partial charge is 0.338 e. The van der Waals surface area contributed by atoms with Gasteiger partial charge in [0.1, 0.15) is 0 Å². The van der Waals surface area contributed by atoms with Crippen molar-refractivity contribution in [2.24, 2.45) is 0 Å². The van der Waals surface area contributed by atoms with E-state index in [1.807, 2.05) is 31.2 Å². The number of sulfonamides is 1. The third-order valence-electron chi connectivity index (χ3n) is 4.33. The summed E-state index contributed by atoms with van der Waals surface area (Å²) in [6.07, 6.45) is 2.62. The Morgan fingerprint density at radius 1 is 1.11 bits per heavy atom. The maximum Gasteiger partial charge on any atom is 0.316 e. The first-order chi connectivity index (χ1) is 13.1. The summed E-state index contributed by atoms with van der Waals surface area (Å²) >= 11 is 0. The first kappa shape index (κ1) is 24.0. The summed E-state index contributed by atoms with van der Waals surface area (Å²) in [5, 5.41) is 2.40. The lowest BCUT2D eigenvalue weighted by molar-refractivity contribution is 0.217. The predicted molar refractivity (Wildman–Crippen MR) is 115 cm³/mol.